The minimum absolute atomic E-state index is 0.252. The Morgan fingerprint density at radius 2 is 2.47 bits per heavy atom. The van der Waals surface area contributed by atoms with Crippen LogP contribution in [0, 0.1) is 0 Å². The van der Waals surface area contributed by atoms with Crippen LogP contribution in [0.1, 0.15) is 29.8 Å². The van der Waals surface area contributed by atoms with E-state index in [9.17, 15) is 0 Å². The van der Waals surface area contributed by atoms with Crippen LogP contribution in [-0.2, 0) is 11.2 Å². The predicted molar refractivity (Wildman–Crippen MR) is 64.1 cm³/mol. The molecule has 15 heavy (non-hydrogen) atoms. The van der Waals surface area contributed by atoms with Crippen LogP contribution in [0.5, 0.6) is 0 Å². The average molecular weight is 223 g/mol. The van der Waals surface area contributed by atoms with Crippen LogP contribution in [0.25, 0.3) is 0 Å². The SMILES string of the molecule is CCc1ccsc1C(NC)C1=CCCO1. The van der Waals surface area contributed by atoms with Gasteiger partial charge in [-0.2, -0.15) is 0 Å². The smallest absolute Gasteiger partial charge is 0.114 e. The first-order chi connectivity index (χ1) is 7.36. The maximum atomic E-state index is 5.63. The zero-order valence-electron chi connectivity index (χ0n) is 9.25. The lowest BCUT2D eigenvalue weighted by molar-refractivity contribution is 0.218. The van der Waals surface area contributed by atoms with Crippen molar-refractivity contribution in [1.82, 2.24) is 5.32 Å². The lowest BCUT2D eigenvalue weighted by Crippen LogP contribution is -2.19. The summed E-state index contributed by atoms with van der Waals surface area (Å²) in [6, 6.07) is 2.46. The van der Waals surface area contributed by atoms with Crippen LogP contribution in [-0.4, -0.2) is 13.7 Å². The minimum atomic E-state index is 0.252. The van der Waals surface area contributed by atoms with E-state index >= 15 is 0 Å². The Kier molecular flexibility index (Phi) is 3.44. The van der Waals surface area contributed by atoms with Gasteiger partial charge in [0.15, 0.2) is 0 Å². The second-order valence-corrected chi connectivity index (χ2v) is 4.58. The van der Waals surface area contributed by atoms with Crippen LogP contribution in [0.4, 0.5) is 0 Å². The highest BCUT2D eigenvalue weighted by Crippen LogP contribution is 2.32. The highest BCUT2D eigenvalue weighted by Gasteiger charge is 2.22. The molecule has 0 saturated heterocycles. The molecule has 0 aliphatic carbocycles. The van der Waals surface area contributed by atoms with Gasteiger partial charge in [-0.3, -0.25) is 0 Å². The third-order valence-electron chi connectivity index (χ3n) is 2.73. The molecule has 0 spiro atoms. The van der Waals surface area contributed by atoms with E-state index in [0.29, 0.717) is 0 Å². The molecule has 0 fully saturated rings. The van der Waals surface area contributed by atoms with Gasteiger partial charge in [0.05, 0.1) is 12.6 Å². The maximum Gasteiger partial charge on any atom is 0.114 e. The molecular weight excluding hydrogens is 206 g/mol. The molecule has 82 valence electrons. The van der Waals surface area contributed by atoms with Crippen molar-refractivity contribution < 1.29 is 4.74 Å². The Balaban J connectivity index is 2.26. The lowest BCUT2D eigenvalue weighted by Gasteiger charge is -2.17. The molecule has 1 aromatic rings. The molecule has 1 aliphatic heterocycles. The summed E-state index contributed by atoms with van der Waals surface area (Å²) in [7, 11) is 1.99. The molecule has 2 heterocycles. The van der Waals surface area contributed by atoms with Gasteiger partial charge in [0, 0.05) is 11.3 Å². The second-order valence-electron chi connectivity index (χ2n) is 3.63. The molecule has 0 saturated carbocycles. The van der Waals surface area contributed by atoms with E-state index in [0.717, 1.165) is 25.2 Å². The molecule has 1 aromatic heterocycles. The van der Waals surface area contributed by atoms with Crippen molar-refractivity contribution in [3.8, 4) is 0 Å². The van der Waals surface area contributed by atoms with Gasteiger partial charge in [0.2, 0.25) is 0 Å². The highest BCUT2D eigenvalue weighted by molar-refractivity contribution is 7.10. The molecule has 1 atom stereocenters. The number of hydrogen-bond donors (Lipinski definition) is 1. The summed E-state index contributed by atoms with van der Waals surface area (Å²) in [6.45, 7) is 3.03. The first-order valence-corrected chi connectivity index (χ1v) is 6.31. The molecule has 0 amide bonds. The predicted octanol–water partition coefficient (Wildman–Crippen LogP) is 2.88. The molecule has 0 bridgehead atoms. The lowest BCUT2D eigenvalue weighted by atomic mass is 10.1. The average Bonchev–Trinajstić information content (AvgIpc) is 2.89. The largest absolute Gasteiger partial charge is 0.496 e. The summed E-state index contributed by atoms with van der Waals surface area (Å²) in [5.41, 5.74) is 1.43. The molecular formula is C12H17NOS. The van der Waals surface area contributed by atoms with Gasteiger partial charge in [-0.05, 0) is 36.6 Å². The standard InChI is InChI=1S/C12H17NOS/c1-3-9-6-8-15-12(9)11(13-2)10-5-4-7-14-10/h5-6,8,11,13H,3-4,7H2,1-2H3. The summed E-state index contributed by atoms with van der Waals surface area (Å²) in [6.07, 6.45) is 4.32. The third-order valence-corrected chi connectivity index (χ3v) is 3.75. The van der Waals surface area contributed by atoms with E-state index in [2.05, 4.69) is 29.8 Å². The van der Waals surface area contributed by atoms with Gasteiger partial charge in [-0.25, -0.2) is 0 Å². The van der Waals surface area contributed by atoms with Gasteiger partial charge in [0.1, 0.15) is 5.76 Å². The molecule has 3 heteroatoms. The summed E-state index contributed by atoms with van der Waals surface area (Å²) < 4.78 is 5.63. The number of thiophene rings is 1. The number of hydrogen-bond acceptors (Lipinski definition) is 3. The van der Waals surface area contributed by atoms with E-state index in [1.807, 2.05) is 18.4 Å². The monoisotopic (exact) mass is 223 g/mol. The van der Waals surface area contributed by atoms with Gasteiger partial charge in [-0.15, -0.1) is 11.3 Å². The summed E-state index contributed by atoms with van der Waals surface area (Å²) in [4.78, 5) is 1.40. The number of nitrogens with one attached hydrogen (secondary N) is 1. The number of rotatable bonds is 4. The van der Waals surface area contributed by atoms with Crippen LogP contribution >= 0.6 is 11.3 Å². The van der Waals surface area contributed by atoms with E-state index in [1.54, 1.807) is 0 Å². The van der Waals surface area contributed by atoms with Crippen molar-refractivity contribution >= 4 is 11.3 Å². The molecule has 1 aliphatic rings. The zero-order chi connectivity index (χ0) is 10.7. The number of ether oxygens (including phenoxy) is 1. The number of likely N-dealkylation sites (N-methyl/N-ethyl adjacent to an activating group) is 1. The quantitative estimate of drug-likeness (QED) is 0.847. The van der Waals surface area contributed by atoms with Crippen molar-refractivity contribution in [1.29, 1.82) is 0 Å². The van der Waals surface area contributed by atoms with E-state index in [-0.39, 0.29) is 6.04 Å². The fraction of sp³-hybridized carbons (Fsp3) is 0.500. The van der Waals surface area contributed by atoms with Crippen LogP contribution in [0.3, 0.4) is 0 Å². The molecule has 2 rings (SSSR count). The third kappa shape index (κ3) is 2.08. The first kappa shape index (κ1) is 10.7. The van der Waals surface area contributed by atoms with E-state index in [1.165, 1.54) is 10.4 Å². The molecule has 2 nitrogen and oxygen atoms in total. The fourth-order valence-corrected chi connectivity index (χ4v) is 3.05. The molecule has 0 aromatic carbocycles. The second kappa shape index (κ2) is 4.81. The van der Waals surface area contributed by atoms with Gasteiger partial charge in [0.25, 0.3) is 0 Å². The molecule has 0 radical (unpaired) electrons. The summed E-state index contributed by atoms with van der Waals surface area (Å²) in [5.74, 6) is 1.09. The highest BCUT2D eigenvalue weighted by atomic mass is 32.1. The Morgan fingerprint density at radius 1 is 1.60 bits per heavy atom. The minimum Gasteiger partial charge on any atom is -0.496 e. The normalized spacial score (nSPS) is 17.3. The maximum absolute atomic E-state index is 5.63. The Hall–Kier alpha value is -0.800. The first-order valence-electron chi connectivity index (χ1n) is 5.43. The Bertz CT molecular complexity index is 356. The molecule has 1 unspecified atom stereocenters. The van der Waals surface area contributed by atoms with E-state index < -0.39 is 0 Å². The van der Waals surface area contributed by atoms with Crippen molar-refractivity contribution in [2.45, 2.75) is 25.8 Å². The summed E-state index contributed by atoms with van der Waals surface area (Å²) in [5, 5.41) is 5.50. The summed E-state index contributed by atoms with van der Waals surface area (Å²) >= 11 is 1.81. The fourth-order valence-electron chi connectivity index (χ4n) is 1.93. The van der Waals surface area contributed by atoms with E-state index in [4.69, 9.17) is 4.74 Å². The van der Waals surface area contributed by atoms with Crippen molar-refractivity contribution in [3.63, 3.8) is 0 Å². The van der Waals surface area contributed by atoms with Crippen molar-refractivity contribution in [3.05, 3.63) is 33.7 Å². The van der Waals surface area contributed by atoms with Crippen molar-refractivity contribution in [2.24, 2.45) is 0 Å². The van der Waals surface area contributed by atoms with Gasteiger partial charge < -0.3 is 10.1 Å². The Morgan fingerprint density at radius 3 is 3.07 bits per heavy atom. The van der Waals surface area contributed by atoms with Crippen LogP contribution < -0.4 is 5.32 Å². The number of aryl methyl sites for hydroxylation is 1. The Labute approximate surface area is 95.0 Å². The van der Waals surface area contributed by atoms with Crippen molar-refractivity contribution in [2.75, 3.05) is 13.7 Å². The zero-order valence-corrected chi connectivity index (χ0v) is 10.1. The van der Waals surface area contributed by atoms with Crippen LogP contribution in [0.2, 0.25) is 0 Å². The van der Waals surface area contributed by atoms with Gasteiger partial charge >= 0.3 is 0 Å². The topological polar surface area (TPSA) is 21.3 Å². The van der Waals surface area contributed by atoms with Gasteiger partial charge in [-0.1, -0.05) is 6.92 Å². The molecule has 1 N–H and O–H groups in total. The van der Waals surface area contributed by atoms with Crippen LogP contribution in [0.15, 0.2) is 23.3 Å².